The van der Waals surface area contributed by atoms with Gasteiger partial charge >= 0.3 is 0 Å². The van der Waals surface area contributed by atoms with E-state index in [0.29, 0.717) is 0 Å². The number of hydrogen-bond acceptors (Lipinski definition) is 1. The number of alkyl halides is 1. The van der Waals surface area contributed by atoms with Gasteiger partial charge in [0.1, 0.15) is 5.82 Å². The SMILES string of the molecule is Fc1ccc(Br)c(CC2(CBr)CCOC2)c1. The van der Waals surface area contributed by atoms with Crippen LogP contribution in [0.1, 0.15) is 12.0 Å². The van der Waals surface area contributed by atoms with Crippen LogP contribution in [0.4, 0.5) is 4.39 Å². The van der Waals surface area contributed by atoms with Gasteiger partial charge in [0.15, 0.2) is 0 Å². The largest absolute Gasteiger partial charge is 0.381 e. The van der Waals surface area contributed by atoms with Gasteiger partial charge in [-0.3, -0.25) is 0 Å². The summed E-state index contributed by atoms with van der Waals surface area (Å²) < 4.78 is 19.6. The van der Waals surface area contributed by atoms with Crippen LogP contribution in [0.2, 0.25) is 0 Å². The van der Waals surface area contributed by atoms with Crippen LogP contribution in [0.3, 0.4) is 0 Å². The minimum absolute atomic E-state index is 0.121. The fraction of sp³-hybridized carbons (Fsp3) is 0.500. The number of benzene rings is 1. The van der Waals surface area contributed by atoms with Crippen molar-refractivity contribution in [1.29, 1.82) is 0 Å². The summed E-state index contributed by atoms with van der Waals surface area (Å²) in [6, 6.07) is 4.84. The van der Waals surface area contributed by atoms with E-state index in [9.17, 15) is 4.39 Å². The normalized spacial score (nSPS) is 24.9. The van der Waals surface area contributed by atoms with Gasteiger partial charge in [-0.2, -0.15) is 0 Å². The molecule has 1 aliphatic rings. The number of ether oxygens (including phenoxy) is 1. The van der Waals surface area contributed by atoms with Crippen LogP contribution in [0, 0.1) is 11.2 Å². The predicted octanol–water partition coefficient (Wildman–Crippen LogP) is 3.93. The second-order valence-corrected chi connectivity index (χ2v) is 5.76. The van der Waals surface area contributed by atoms with Crippen molar-refractivity contribution in [3.63, 3.8) is 0 Å². The van der Waals surface area contributed by atoms with Gasteiger partial charge in [0, 0.05) is 21.8 Å². The molecule has 1 atom stereocenters. The molecule has 1 saturated heterocycles. The third-order valence-corrected chi connectivity index (χ3v) is 5.00. The van der Waals surface area contributed by atoms with Crippen molar-refractivity contribution in [3.8, 4) is 0 Å². The monoisotopic (exact) mass is 350 g/mol. The third-order valence-electron chi connectivity index (χ3n) is 3.04. The van der Waals surface area contributed by atoms with E-state index in [0.717, 1.165) is 41.4 Å². The molecule has 0 amide bonds. The van der Waals surface area contributed by atoms with Crippen LogP contribution >= 0.6 is 31.9 Å². The van der Waals surface area contributed by atoms with E-state index in [2.05, 4.69) is 31.9 Å². The quantitative estimate of drug-likeness (QED) is 0.749. The van der Waals surface area contributed by atoms with Gasteiger partial charge in [0.2, 0.25) is 0 Å². The lowest BCUT2D eigenvalue weighted by atomic mass is 9.83. The summed E-state index contributed by atoms with van der Waals surface area (Å²) in [5.74, 6) is -0.179. The average molecular weight is 352 g/mol. The van der Waals surface area contributed by atoms with E-state index in [1.165, 1.54) is 6.07 Å². The maximum absolute atomic E-state index is 13.2. The lowest BCUT2D eigenvalue weighted by Crippen LogP contribution is -2.26. The summed E-state index contributed by atoms with van der Waals surface area (Å²) in [4.78, 5) is 0. The van der Waals surface area contributed by atoms with Crippen molar-refractivity contribution in [2.45, 2.75) is 12.8 Å². The summed E-state index contributed by atoms with van der Waals surface area (Å²) in [5, 5.41) is 0.892. The van der Waals surface area contributed by atoms with E-state index in [1.807, 2.05) is 0 Å². The van der Waals surface area contributed by atoms with Crippen molar-refractivity contribution < 1.29 is 9.13 Å². The first-order valence-electron chi connectivity index (χ1n) is 5.23. The molecule has 4 heteroatoms. The molecule has 1 aromatic rings. The summed E-state index contributed by atoms with van der Waals surface area (Å²) >= 11 is 7.01. The van der Waals surface area contributed by atoms with E-state index in [4.69, 9.17) is 4.74 Å². The molecule has 1 nitrogen and oxygen atoms in total. The molecule has 16 heavy (non-hydrogen) atoms. The molecule has 1 unspecified atom stereocenters. The summed E-state index contributed by atoms with van der Waals surface area (Å²) in [5.41, 5.74) is 1.14. The fourth-order valence-electron chi connectivity index (χ4n) is 2.02. The molecular weight excluding hydrogens is 339 g/mol. The molecule has 1 fully saturated rings. The van der Waals surface area contributed by atoms with Crippen LogP contribution in [-0.2, 0) is 11.2 Å². The second-order valence-electron chi connectivity index (χ2n) is 4.35. The van der Waals surface area contributed by atoms with Gasteiger partial charge in [-0.15, -0.1) is 0 Å². The molecule has 0 radical (unpaired) electrons. The third kappa shape index (κ3) is 2.66. The van der Waals surface area contributed by atoms with Crippen LogP contribution in [0.15, 0.2) is 22.7 Å². The van der Waals surface area contributed by atoms with E-state index >= 15 is 0 Å². The van der Waals surface area contributed by atoms with E-state index in [-0.39, 0.29) is 11.2 Å². The second kappa shape index (κ2) is 5.15. The molecular formula is C12H13Br2FO. The van der Waals surface area contributed by atoms with Gasteiger partial charge in [0.05, 0.1) is 6.61 Å². The van der Waals surface area contributed by atoms with Crippen molar-refractivity contribution in [2.75, 3.05) is 18.5 Å². The molecule has 0 bridgehead atoms. The summed E-state index contributed by atoms with van der Waals surface area (Å²) in [7, 11) is 0. The molecule has 1 aromatic carbocycles. The first kappa shape index (κ1) is 12.5. The number of rotatable bonds is 3. The Hall–Kier alpha value is 0.0700. The maximum atomic E-state index is 13.2. The average Bonchev–Trinajstić information content (AvgIpc) is 2.73. The highest BCUT2D eigenvalue weighted by molar-refractivity contribution is 9.10. The van der Waals surface area contributed by atoms with E-state index < -0.39 is 0 Å². The van der Waals surface area contributed by atoms with Gasteiger partial charge < -0.3 is 4.74 Å². The van der Waals surface area contributed by atoms with Crippen LogP contribution in [0.5, 0.6) is 0 Å². The molecule has 0 aliphatic carbocycles. The minimum Gasteiger partial charge on any atom is -0.381 e. The van der Waals surface area contributed by atoms with Crippen LogP contribution in [-0.4, -0.2) is 18.5 Å². The minimum atomic E-state index is -0.179. The Morgan fingerprint density at radius 2 is 2.25 bits per heavy atom. The van der Waals surface area contributed by atoms with Gasteiger partial charge in [-0.25, -0.2) is 4.39 Å². The first-order chi connectivity index (χ1) is 7.65. The number of hydrogen-bond donors (Lipinski definition) is 0. The highest BCUT2D eigenvalue weighted by Gasteiger charge is 2.34. The Kier molecular flexibility index (Phi) is 4.03. The molecule has 0 saturated carbocycles. The smallest absolute Gasteiger partial charge is 0.123 e. The lowest BCUT2D eigenvalue weighted by molar-refractivity contribution is 0.162. The molecule has 2 rings (SSSR count). The predicted molar refractivity (Wildman–Crippen MR) is 69.5 cm³/mol. The molecule has 0 N–H and O–H groups in total. The summed E-state index contributed by atoms with van der Waals surface area (Å²) in [6.45, 7) is 1.56. The zero-order valence-electron chi connectivity index (χ0n) is 8.81. The standard InChI is InChI=1S/C12H13Br2FO/c13-7-12(3-4-16-8-12)6-9-5-10(15)1-2-11(9)14/h1-2,5H,3-4,6-8H2. The Morgan fingerprint density at radius 3 is 2.88 bits per heavy atom. The molecule has 0 spiro atoms. The van der Waals surface area contributed by atoms with E-state index in [1.54, 1.807) is 12.1 Å². The highest BCUT2D eigenvalue weighted by atomic mass is 79.9. The fourth-order valence-corrected chi connectivity index (χ4v) is 3.05. The van der Waals surface area contributed by atoms with Crippen molar-refractivity contribution in [3.05, 3.63) is 34.1 Å². The Balaban J connectivity index is 2.21. The van der Waals surface area contributed by atoms with Crippen molar-refractivity contribution in [1.82, 2.24) is 0 Å². The molecule has 1 aliphatic heterocycles. The van der Waals surface area contributed by atoms with Gasteiger partial charge in [-0.05, 0) is 36.6 Å². The lowest BCUT2D eigenvalue weighted by Gasteiger charge is -2.25. The zero-order valence-corrected chi connectivity index (χ0v) is 12.0. The topological polar surface area (TPSA) is 9.23 Å². The van der Waals surface area contributed by atoms with Crippen LogP contribution in [0.25, 0.3) is 0 Å². The van der Waals surface area contributed by atoms with Crippen molar-refractivity contribution in [2.24, 2.45) is 5.41 Å². The molecule has 0 aromatic heterocycles. The molecule has 88 valence electrons. The van der Waals surface area contributed by atoms with Gasteiger partial charge in [0.25, 0.3) is 0 Å². The number of halogens is 3. The maximum Gasteiger partial charge on any atom is 0.123 e. The Bertz CT molecular complexity index is 375. The Labute approximate surface area is 112 Å². The highest BCUT2D eigenvalue weighted by Crippen LogP contribution is 2.36. The van der Waals surface area contributed by atoms with Crippen molar-refractivity contribution >= 4 is 31.9 Å². The van der Waals surface area contributed by atoms with Crippen LogP contribution < -0.4 is 0 Å². The zero-order chi connectivity index (χ0) is 11.6. The Morgan fingerprint density at radius 1 is 1.44 bits per heavy atom. The first-order valence-corrected chi connectivity index (χ1v) is 7.14. The summed E-state index contributed by atoms with van der Waals surface area (Å²) in [6.07, 6.45) is 1.87. The van der Waals surface area contributed by atoms with Gasteiger partial charge in [-0.1, -0.05) is 31.9 Å². The molecule has 1 heterocycles.